The summed E-state index contributed by atoms with van der Waals surface area (Å²) in [6.07, 6.45) is 0.443. The average Bonchev–Trinajstić information content (AvgIpc) is 2.86. The van der Waals surface area contributed by atoms with Crippen molar-refractivity contribution in [2.24, 2.45) is 5.84 Å². The maximum Gasteiger partial charge on any atom is 0.407 e. The van der Waals surface area contributed by atoms with E-state index in [1.165, 1.54) is 7.11 Å². The fourth-order valence-corrected chi connectivity index (χ4v) is 2.10. The van der Waals surface area contributed by atoms with Gasteiger partial charge in [-0.05, 0) is 13.3 Å². The van der Waals surface area contributed by atoms with Crippen molar-refractivity contribution in [1.82, 2.24) is 15.3 Å². The standard InChI is InChI=1S/C11H18N6O2/c1-7-13-9(16-12)5-10(14-7)17-4-3-8(6-17)15-11(18)19-2/h5,8H,3-4,6,12H2,1-2H3,(H,15,18)(H,13,14,16). The summed E-state index contributed by atoms with van der Waals surface area (Å²) in [6, 6.07) is 1.85. The molecule has 1 saturated heterocycles. The molecule has 0 bridgehead atoms. The molecule has 1 fully saturated rings. The minimum atomic E-state index is -0.407. The third kappa shape index (κ3) is 3.22. The topological polar surface area (TPSA) is 105 Å². The molecule has 8 nitrogen and oxygen atoms in total. The Labute approximate surface area is 111 Å². The number of hydrogen-bond acceptors (Lipinski definition) is 7. The van der Waals surface area contributed by atoms with Crippen LogP contribution < -0.4 is 21.5 Å². The predicted octanol–water partition coefficient (Wildman–Crippen LogP) is 0.00532. The van der Waals surface area contributed by atoms with E-state index in [1.807, 2.05) is 6.92 Å². The third-order valence-corrected chi connectivity index (χ3v) is 2.99. The lowest BCUT2D eigenvalue weighted by Gasteiger charge is -2.18. The van der Waals surface area contributed by atoms with Gasteiger partial charge in [0.2, 0.25) is 0 Å². The van der Waals surface area contributed by atoms with E-state index in [2.05, 4.69) is 30.3 Å². The first kappa shape index (κ1) is 13.3. The van der Waals surface area contributed by atoms with Crippen LogP contribution in [0, 0.1) is 6.92 Å². The molecule has 2 heterocycles. The molecule has 0 aliphatic carbocycles. The maximum atomic E-state index is 11.2. The number of nitrogens with zero attached hydrogens (tertiary/aromatic N) is 3. The monoisotopic (exact) mass is 266 g/mol. The van der Waals surface area contributed by atoms with Gasteiger partial charge >= 0.3 is 6.09 Å². The quantitative estimate of drug-likeness (QED) is 0.522. The van der Waals surface area contributed by atoms with Crippen LogP contribution in [0.5, 0.6) is 0 Å². The van der Waals surface area contributed by atoms with Gasteiger partial charge < -0.3 is 20.4 Å². The molecule has 104 valence electrons. The summed E-state index contributed by atoms with van der Waals surface area (Å²) in [4.78, 5) is 21.8. The minimum absolute atomic E-state index is 0.0667. The van der Waals surface area contributed by atoms with Gasteiger partial charge in [0.15, 0.2) is 0 Å². The summed E-state index contributed by atoms with van der Waals surface area (Å²) in [5, 5.41) is 2.78. The van der Waals surface area contributed by atoms with E-state index in [4.69, 9.17) is 5.84 Å². The molecule has 4 N–H and O–H groups in total. The molecule has 2 rings (SSSR count). The number of methoxy groups -OCH3 is 1. The second kappa shape index (κ2) is 5.70. The molecule has 1 aliphatic rings. The maximum absolute atomic E-state index is 11.2. The van der Waals surface area contributed by atoms with E-state index in [1.54, 1.807) is 6.07 Å². The average molecular weight is 266 g/mol. The van der Waals surface area contributed by atoms with Crippen LogP contribution in [-0.4, -0.2) is 42.3 Å². The summed E-state index contributed by atoms with van der Waals surface area (Å²) in [5.74, 6) is 7.39. The molecule has 1 unspecified atom stereocenters. The number of carbonyl (C=O) groups is 1. The van der Waals surface area contributed by atoms with Gasteiger partial charge in [0.1, 0.15) is 17.5 Å². The highest BCUT2D eigenvalue weighted by molar-refractivity contribution is 5.67. The molecule has 0 radical (unpaired) electrons. The highest BCUT2D eigenvalue weighted by Gasteiger charge is 2.25. The Morgan fingerprint density at radius 3 is 3.05 bits per heavy atom. The number of aryl methyl sites for hydroxylation is 1. The Bertz CT molecular complexity index is 466. The molecule has 19 heavy (non-hydrogen) atoms. The number of hydrogen-bond donors (Lipinski definition) is 3. The Morgan fingerprint density at radius 1 is 1.58 bits per heavy atom. The first-order valence-electron chi connectivity index (χ1n) is 6.04. The van der Waals surface area contributed by atoms with Crippen molar-refractivity contribution in [3.8, 4) is 0 Å². The van der Waals surface area contributed by atoms with Crippen molar-refractivity contribution >= 4 is 17.7 Å². The lowest BCUT2D eigenvalue weighted by Crippen LogP contribution is -2.37. The highest BCUT2D eigenvalue weighted by Crippen LogP contribution is 2.20. The van der Waals surface area contributed by atoms with Crippen LogP contribution in [0.2, 0.25) is 0 Å². The van der Waals surface area contributed by atoms with Crippen LogP contribution in [0.1, 0.15) is 12.2 Å². The zero-order valence-electron chi connectivity index (χ0n) is 11.0. The van der Waals surface area contributed by atoms with Gasteiger partial charge in [0.25, 0.3) is 0 Å². The van der Waals surface area contributed by atoms with Crippen LogP contribution in [0.3, 0.4) is 0 Å². The Kier molecular flexibility index (Phi) is 4.00. The van der Waals surface area contributed by atoms with E-state index in [0.29, 0.717) is 18.2 Å². The minimum Gasteiger partial charge on any atom is -0.453 e. The number of nitrogen functional groups attached to an aromatic ring is 1. The summed E-state index contributed by atoms with van der Waals surface area (Å²) in [6.45, 7) is 3.31. The largest absolute Gasteiger partial charge is 0.453 e. The smallest absolute Gasteiger partial charge is 0.407 e. The molecule has 1 aromatic heterocycles. The number of hydrazine groups is 1. The Hall–Kier alpha value is -2.09. The second-order valence-corrected chi connectivity index (χ2v) is 4.37. The number of aromatic nitrogens is 2. The van der Waals surface area contributed by atoms with Crippen LogP contribution >= 0.6 is 0 Å². The lowest BCUT2D eigenvalue weighted by molar-refractivity contribution is 0.167. The van der Waals surface area contributed by atoms with Crippen LogP contribution in [-0.2, 0) is 4.74 Å². The number of anilines is 2. The molecule has 1 atom stereocenters. The third-order valence-electron chi connectivity index (χ3n) is 2.99. The van der Waals surface area contributed by atoms with Gasteiger partial charge in [-0.2, -0.15) is 0 Å². The fraction of sp³-hybridized carbons (Fsp3) is 0.545. The SMILES string of the molecule is COC(=O)NC1CCN(c2cc(NN)nc(C)n2)C1. The Balaban J connectivity index is 2.04. The van der Waals surface area contributed by atoms with Gasteiger partial charge in [0, 0.05) is 19.2 Å². The van der Waals surface area contributed by atoms with Gasteiger partial charge in [-0.15, -0.1) is 0 Å². The number of nitrogens with one attached hydrogen (secondary N) is 2. The number of rotatable bonds is 3. The highest BCUT2D eigenvalue weighted by atomic mass is 16.5. The number of amides is 1. The van der Waals surface area contributed by atoms with Crippen molar-refractivity contribution in [3.63, 3.8) is 0 Å². The molecule has 1 amide bonds. The number of alkyl carbamates (subject to hydrolysis) is 1. The molecule has 1 aromatic rings. The normalized spacial score (nSPS) is 18.3. The molecular formula is C11H18N6O2. The van der Waals surface area contributed by atoms with Crippen molar-refractivity contribution < 1.29 is 9.53 Å². The summed E-state index contributed by atoms with van der Waals surface area (Å²) < 4.78 is 4.59. The molecule has 0 spiro atoms. The molecule has 8 heteroatoms. The van der Waals surface area contributed by atoms with Crippen molar-refractivity contribution in [1.29, 1.82) is 0 Å². The molecule has 0 saturated carbocycles. The van der Waals surface area contributed by atoms with Crippen molar-refractivity contribution in [3.05, 3.63) is 11.9 Å². The van der Waals surface area contributed by atoms with Gasteiger partial charge in [-0.1, -0.05) is 0 Å². The Morgan fingerprint density at radius 2 is 2.37 bits per heavy atom. The first-order chi connectivity index (χ1) is 9.12. The first-order valence-corrected chi connectivity index (χ1v) is 6.04. The van der Waals surface area contributed by atoms with Crippen molar-refractivity contribution in [2.75, 3.05) is 30.5 Å². The van der Waals surface area contributed by atoms with Crippen LogP contribution in [0.4, 0.5) is 16.4 Å². The van der Waals surface area contributed by atoms with Gasteiger partial charge in [-0.3, -0.25) is 0 Å². The molecule has 0 aromatic carbocycles. The summed E-state index contributed by atoms with van der Waals surface area (Å²) in [5.41, 5.74) is 2.52. The number of nitrogens with two attached hydrogens (primary N) is 1. The lowest BCUT2D eigenvalue weighted by atomic mass is 10.3. The molecular weight excluding hydrogens is 248 g/mol. The zero-order valence-corrected chi connectivity index (χ0v) is 11.0. The number of carbonyl (C=O) groups excluding carboxylic acids is 1. The summed E-state index contributed by atoms with van der Waals surface area (Å²) >= 11 is 0. The van der Waals surface area contributed by atoms with E-state index in [0.717, 1.165) is 18.8 Å². The van der Waals surface area contributed by atoms with E-state index < -0.39 is 6.09 Å². The van der Waals surface area contributed by atoms with E-state index in [9.17, 15) is 4.79 Å². The zero-order chi connectivity index (χ0) is 13.8. The second-order valence-electron chi connectivity index (χ2n) is 4.37. The van der Waals surface area contributed by atoms with E-state index >= 15 is 0 Å². The van der Waals surface area contributed by atoms with E-state index in [-0.39, 0.29) is 6.04 Å². The fourth-order valence-electron chi connectivity index (χ4n) is 2.10. The van der Waals surface area contributed by atoms with Gasteiger partial charge in [-0.25, -0.2) is 20.6 Å². The summed E-state index contributed by atoms with van der Waals surface area (Å²) in [7, 11) is 1.36. The molecule has 1 aliphatic heterocycles. The van der Waals surface area contributed by atoms with Gasteiger partial charge in [0.05, 0.1) is 13.2 Å². The van der Waals surface area contributed by atoms with Crippen LogP contribution in [0.25, 0.3) is 0 Å². The van der Waals surface area contributed by atoms with Crippen LogP contribution in [0.15, 0.2) is 6.07 Å². The number of ether oxygens (including phenoxy) is 1. The van der Waals surface area contributed by atoms with Crippen molar-refractivity contribution in [2.45, 2.75) is 19.4 Å². The predicted molar refractivity (Wildman–Crippen MR) is 70.7 cm³/mol.